The second-order valence-corrected chi connectivity index (χ2v) is 10.9. The van der Waals surface area contributed by atoms with Crippen LogP contribution in [0.25, 0.3) is 88.0 Å². The van der Waals surface area contributed by atoms with Gasteiger partial charge < -0.3 is 4.42 Å². The number of hydrogen-bond donors (Lipinski definition) is 0. The summed E-state index contributed by atoms with van der Waals surface area (Å²) in [6, 6.07) is 30.9. The highest BCUT2D eigenvalue weighted by Gasteiger charge is 2.20. The molecule has 1 heteroatoms. The maximum absolute atomic E-state index is 9.52. The van der Waals surface area contributed by atoms with Gasteiger partial charge in [-0.15, -0.1) is 0 Å². The van der Waals surface area contributed by atoms with Crippen molar-refractivity contribution in [3.8, 4) is 44.5 Å². The van der Waals surface area contributed by atoms with Crippen molar-refractivity contribution in [3.63, 3.8) is 0 Å². The van der Waals surface area contributed by atoms with Gasteiger partial charge in [0, 0.05) is 10.8 Å². The molecule has 0 saturated heterocycles. The van der Waals surface area contributed by atoms with Crippen molar-refractivity contribution in [1.82, 2.24) is 0 Å². The highest BCUT2D eigenvalue weighted by atomic mass is 16.3. The molecule has 45 heavy (non-hydrogen) atoms. The predicted octanol–water partition coefficient (Wildman–Crippen LogP) is 12.6. The Bertz CT molecular complexity index is 2990. The molecule has 8 aromatic carbocycles. The molecule has 9 aromatic rings. The molecule has 0 aliphatic heterocycles. The lowest BCUT2D eigenvalue weighted by Crippen LogP contribution is -1.91. The fraction of sp³-hybridized carbons (Fsp3) is 0. The van der Waals surface area contributed by atoms with Gasteiger partial charge in [0.2, 0.25) is 0 Å². The summed E-state index contributed by atoms with van der Waals surface area (Å²) in [5.41, 5.74) is 4.46. The Morgan fingerprint density at radius 2 is 0.978 bits per heavy atom. The van der Waals surface area contributed by atoms with Crippen molar-refractivity contribution in [3.05, 3.63) is 170 Å². The summed E-state index contributed by atoms with van der Waals surface area (Å²) in [5, 5.41) is 3.47. The van der Waals surface area contributed by atoms with Gasteiger partial charge in [-0.3, -0.25) is 0 Å². The van der Waals surface area contributed by atoms with E-state index in [1.807, 2.05) is 66.7 Å². The van der Waals surface area contributed by atoms with Gasteiger partial charge in [0.1, 0.15) is 11.2 Å². The number of furan rings is 1. The monoisotopic (exact) mass is 582 g/mol. The van der Waals surface area contributed by atoms with Crippen molar-refractivity contribution in [2.24, 2.45) is 0 Å². The fourth-order valence-corrected chi connectivity index (χ4v) is 6.38. The van der Waals surface area contributed by atoms with Gasteiger partial charge in [-0.25, -0.2) is 0 Å². The minimum atomic E-state index is -0.580. The molecule has 1 heterocycles. The first-order chi connectivity index (χ1) is 26.5. The zero-order valence-electron chi connectivity index (χ0n) is 33.8. The molecule has 0 atom stereocenters. The first-order valence-electron chi connectivity index (χ1n) is 19.6. The van der Waals surface area contributed by atoms with Crippen molar-refractivity contribution < 1.29 is 18.1 Å². The van der Waals surface area contributed by atoms with Crippen molar-refractivity contribution in [1.29, 1.82) is 0 Å². The second-order valence-electron chi connectivity index (χ2n) is 10.9. The Hall–Kier alpha value is -5.92. The van der Waals surface area contributed by atoms with E-state index >= 15 is 0 Å². The second kappa shape index (κ2) is 10.4. The number of hydrogen-bond acceptors (Lipinski definition) is 1. The Morgan fingerprint density at radius 3 is 1.67 bits per heavy atom. The van der Waals surface area contributed by atoms with Crippen LogP contribution in [0, 0.1) is 0 Å². The molecule has 0 aliphatic rings. The van der Waals surface area contributed by atoms with Crippen LogP contribution in [0.4, 0.5) is 0 Å². The van der Waals surface area contributed by atoms with E-state index in [1.165, 1.54) is 6.07 Å². The lowest BCUT2D eigenvalue weighted by atomic mass is 9.84. The molecule has 9 rings (SSSR count). The molecule has 0 fully saturated rings. The van der Waals surface area contributed by atoms with Gasteiger partial charge in [-0.1, -0.05) is 151 Å². The van der Waals surface area contributed by atoms with E-state index in [0.717, 1.165) is 43.8 Å². The Morgan fingerprint density at radius 1 is 0.378 bits per heavy atom. The quantitative estimate of drug-likeness (QED) is 0.188. The first-order valence-corrected chi connectivity index (χ1v) is 14.6. The Labute approximate surface area is 275 Å². The smallest absolute Gasteiger partial charge is 0.136 e. The van der Waals surface area contributed by atoms with Crippen LogP contribution in [0.1, 0.15) is 13.7 Å². The SMILES string of the molecule is [2H]c1c([2H])c([2H])c(-c2cc([2H])c3oc4c([2H])c([2H])c([2H])c(-c5c6ccccc6c(-c6ccc(-c7ccccc7)cc6)c6ccccc56)c4c3c2[2H])c([2H])c1[2H]. The van der Waals surface area contributed by atoms with Gasteiger partial charge in [-0.2, -0.15) is 0 Å². The zero-order valence-corrected chi connectivity index (χ0v) is 23.8. The van der Waals surface area contributed by atoms with E-state index in [-0.39, 0.29) is 68.8 Å². The predicted molar refractivity (Wildman–Crippen MR) is 190 cm³/mol. The normalized spacial score (nSPS) is 14.7. The average Bonchev–Trinajstić information content (AvgIpc) is 3.62. The fourth-order valence-electron chi connectivity index (χ4n) is 6.38. The molecule has 0 spiro atoms. The molecule has 0 radical (unpaired) electrons. The van der Waals surface area contributed by atoms with Crippen LogP contribution in [0.2, 0.25) is 0 Å². The topological polar surface area (TPSA) is 13.1 Å². The van der Waals surface area contributed by atoms with Gasteiger partial charge >= 0.3 is 0 Å². The van der Waals surface area contributed by atoms with E-state index < -0.39 is 30.2 Å². The number of rotatable bonds is 4. The van der Waals surface area contributed by atoms with E-state index in [2.05, 4.69) is 36.4 Å². The first kappa shape index (κ1) is 17.4. The maximum Gasteiger partial charge on any atom is 0.136 e. The minimum absolute atomic E-state index is 0.0510. The van der Waals surface area contributed by atoms with Crippen LogP contribution in [-0.2, 0) is 0 Å². The molecule has 1 nitrogen and oxygen atoms in total. The summed E-state index contributed by atoms with van der Waals surface area (Å²) >= 11 is 0. The minimum Gasteiger partial charge on any atom is -0.456 e. The summed E-state index contributed by atoms with van der Waals surface area (Å²) in [7, 11) is 0. The van der Waals surface area contributed by atoms with Crippen LogP contribution in [-0.4, -0.2) is 0 Å². The lowest BCUT2D eigenvalue weighted by molar-refractivity contribution is 0.669. The molecule has 0 bridgehead atoms. The van der Waals surface area contributed by atoms with E-state index in [1.54, 1.807) is 0 Å². The number of fused-ring (bicyclic) bond motifs is 5. The standard InChI is InChI=1S/C44H28O/c1-3-12-29(13-4-1)31-22-24-32(25-23-31)42-34-16-7-9-18-36(34)43(37-19-10-8-17-35(37)42)38-20-11-21-41-44(38)39-28-33(26-27-40(39)45-41)30-14-5-2-6-15-30/h1-28H/i2D,5D,6D,11D,14D,15D,20D,21D,27D,28D. The average molecular weight is 583 g/mol. The summed E-state index contributed by atoms with van der Waals surface area (Å²) < 4.78 is 94.0. The molecule has 0 aliphatic carbocycles. The number of benzene rings is 8. The molecule has 0 N–H and O–H groups in total. The molecular formula is C44H28O. The van der Waals surface area contributed by atoms with Crippen LogP contribution < -0.4 is 0 Å². The van der Waals surface area contributed by atoms with Gasteiger partial charge in [0.05, 0.1) is 13.7 Å². The molecular weight excluding hydrogens is 544 g/mol. The highest BCUT2D eigenvalue weighted by Crippen LogP contribution is 2.47. The van der Waals surface area contributed by atoms with Crippen molar-refractivity contribution in [2.45, 2.75) is 0 Å². The Kier molecular flexibility index (Phi) is 4.01. The van der Waals surface area contributed by atoms with Crippen LogP contribution in [0.5, 0.6) is 0 Å². The van der Waals surface area contributed by atoms with Gasteiger partial charge in [0.25, 0.3) is 0 Å². The Balaban J connectivity index is 1.41. The van der Waals surface area contributed by atoms with Gasteiger partial charge in [-0.05, 0) is 84.2 Å². The lowest BCUT2D eigenvalue weighted by Gasteiger charge is -2.18. The van der Waals surface area contributed by atoms with Crippen molar-refractivity contribution in [2.75, 3.05) is 0 Å². The third-order valence-electron chi connectivity index (χ3n) is 8.36. The van der Waals surface area contributed by atoms with E-state index in [0.29, 0.717) is 5.56 Å². The molecule has 210 valence electrons. The molecule has 0 amide bonds. The summed E-state index contributed by atoms with van der Waals surface area (Å²) in [5.74, 6) is 0. The van der Waals surface area contributed by atoms with Crippen LogP contribution >= 0.6 is 0 Å². The van der Waals surface area contributed by atoms with Gasteiger partial charge in [0.15, 0.2) is 0 Å². The zero-order chi connectivity index (χ0) is 38.4. The van der Waals surface area contributed by atoms with E-state index in [9.17, 15) is 2.74 Å². The maximum atomic E-state index is 9.52. The third kappa shape index (κ3) is 4.17. The van der Waals surface area contributed by atoms with E-state index in [4.69, 9.17) is 15.4 Å². The third-order valence-corrected chi connectivity index (χ3v) is 8.36. The van der Waals surface area contributed by atoms with Crippen LogP contribution in [0.3, 0.4) is 0 Å². The summed E-state index contributed by atoms with van der Waals surface area (Å²) in [4.78, 5) is 0. The summed E-state index contributed by atoms with van der Waals surface area (Å²) in [6.07, 6.45) is 0. The van der Waals surface area contributed by atoms with Crippen LogP contribution in [0.15, 0.2) is 174 Å². The molecule has 0 saturated carbocycles. The summed E-state index contributed by atoms with van der Waals surface area (Å²) in [6.45, 7) is 0. The molecule has 0 unspecified atom stereocenters. The highest BCUT2D eigenvalue weighted by molar-refractivity contribution is 6.25. The molecule has 1 aromatic heterocycles. The van der Waals surface area contributed by atoms with Crippen molar-refractivity contribution >= 4 is 43.5 Å². The largest absolute Gasteiger partial charge is 0.456 e.